The Kier molecular flexibility index (Phi) is 2.71. The number of hydrogen-bond donors (Lipinski definition) is 0. The lowest BCUT2D eigenvalue weighted by molar-refractivity contribution is -0.384. The summed E-state index contributed by atoms with van der Waals surface area (Å²) >= 11 is 0. The number of rotatable bonds is 3. The summed E-state index contributed by atoms with van der Waals surface area (Å²) in [6.07, 6.45) is 0. The Morgan fingerprint density at radius 1 is 1.50 bits per heavy atom. The minimum atomic E-state index is -1.69. The highest BCUT2D eigenvalue weighted by atomic mass is 19.1. The van der Waals surface area contributed by atoms with E-state index >= 15 is 0 Å². The van der Waals surface area contributed by atoms with E-state index in [2.05, 4.69) is 6.58 Å². The van der Waals surface area contributed by atoms with Gasteiger partial charge in [0.1, 0.15) is 0 Å². The van der Waals surface area contributed by atoms with Gasteiger partial charge in [-0.3, -0.25) is 14.9 Å². The van der Waals surface area contributed by atoms with Crippen molar-refractivity contribution < 1.29 is 14.1 Å². The van der Waals surface area contributed by atoms with Gasteiger partial charge in [-0.05, 0) is 5.56 Å². The standard InChI is InChI=1S/C9H6FNO3/c1-6(9(10)12)7-3-2-4-8(5-7)11(13)14/h2-5H,1H2. The first kappa shape index (κ1) is 10.0. The first-order valence-corrected chi connectivity index (χ1v) is 3.66. The second-order valence-electron chi connectivity index (χ2n) is 2.56. The van der Waals surface area contributed by atoms with Gasteiger partial charge in [-0.15, -0.1) is 0 Å². The van der Waals surface area contributed by atoms with Crippen molar-refractivity contribution in [3.05, 3.63) is 46.5 Å². The lowest BCUT2D eigenvalue weighted by atomic mass is 10.1. The third-order valence-corrected chi connectivity index (χ3v) is 1.64. The number of carbonyl (C=O) groups excluding carboxylic acids is 1. The number of carbonyl (C=O) groups is 1. The summed E-state index contributed by atoms with van der Waals surface area (Å²) in [7, 11) is 0. The van der Waals surface area contributed by atoms with Crippen molar-refractivity contribution in [2.24, 2.45) is 0 Å². The maximum absolute atomic E-state index is 12.2. The average molecular weight is 195 g/mol. The second kappa shape index (κ2) is 3.78. The largest absolute Gasteiger partial charge is 0.332 e. The van der Waals surface area contributed by atoms with E-state index in [1.807, 2.05) is 0 Å². The highest BCUT2D eigenvalue weighted by Crippen LogP contribution is 2.19. The molecule has 4 nitrogen and oxygen atoms in total. The average Bonchev–Trinajstić information content (AvgIpc) is 2.16. The van der Waals surface area contributed by atoms with Gasteiger partial charge in [0, 0.05) is 12.1 Å². The van der Waals surface area contributed by atoms with Crippen LogP contribution in [0.15, 0.2) is 30.8 Å². The lowest BCUT2D eigenvalue weighted by Crippen LogP contribution is -1.94. The van der Waals surface area contributed by atoms with Crippen molar-refractivity contribution in [1.82, 2.24) is 0 Å². The minimum absolute atomic E-state index is 0.117. The Hall–Kier alpha value is -2.04. The van der Waals surface area contributed by atoms with Crippen molar-refractivity contribution in [2.75, 3.05) is 0 Å². The third kappa shape index (κ3) is 2.01. The van der Waals surface area contributed by atoms with Crippen LogP contribution in [0.2, 0.25) is 0 Å². The number of nitro benzene ring substituents is 1. The molecule has 1 rings (SSSR count). The van der Waals surface area contributed by atoms with E-state index in [-0.39, 0.29) is 16.8 Å². The van der Waals surface area contributed by atoms with Gasteiger partial charge in [0.25, 0.3) is 5.69 Å². The van der Waals surface area contributed by atoms with Gasteiger partial charge in [-0.2, -0.15) is 4.39 Å². The van der Waals surface area contributed by atoms with Crippen LogP contribution in [0.1, 0.15) is 5.56 Å². The molecule has 0 aromatic heterocycles. The van der Waals surface area contributed by atoms with Crippen LogP contribution < -0.4 is 0 Å². The molecule has 72 valence electrons. The number of nitro groups is 1. The molecule has 0 aliphatic rings. The number of hydrogen-bond acceptors (Lipinski definition) is 3. The van der Waals surface area contributed by atoms with E-state index in [0.717, 1.165) is 6.07 Å². The smallest absolute Gasteiger partial charge is 0.258 e. The quantitative estimate of drug-likeness (QED) is 0.321. The molecule has 0 spiro atoms. The predicted molar refractivity (Wildman–Crippen MR) is 48.2 cm³/mol. The van der Waals surface area contributed by atoms with Crippen molar-refractivity contribution in [2.45, 2.75) is 0 Å². The Morgan fingerprint density at radius 2 is 2.14 bits per heavy atom. The van der Waals surface area contributed by atoms with Crippen LogP contribution in [0, 0.1) is 10.1 Å². The molecule has 0 amide bonds. The van der Waals surface area contributed by atoms with E-state index in [1.165, 1.54) is 18.2 Å². The summed E-state index contributed by atoms with van der Waals surface area (Å²) in [5.74, 6) is 0. The van der Waals surface area contributed by atoms with Crippen LogP contribution in [-0.4, -0.2) is 11.0 Å². The predicted octanol–water partition coefficient (Wildman–Crippen LogP) is 2.10. The molecule has 0 saturated heterocycles. The molecule has 1 aromatic carbocycles. The maximum Gasteiger partial charge on any atom is 0.332 e. The van der Waals surface area contributed by atoms with Crippen LogP contribution in [0.5, 0.6) is 0 Å². The van der Waals surface area contributed by atoms with Gasteiger partial charge in [-0.1, -0.05) is 18.7 Å². The molecule has 5 heteroatoms. The van der Waals surface area contributed by atoms with E-state index in [1.54, 1.807) is 0 Å². The molecule has 0 aliphatic heterocycles. The van der Waals surface area contributed by atoms with Gasteiger partial charge in [-0.25, -0.2) is 0 Å². The zero-order valence-corrected chi connectivity index (χ0v) is 7.07. The van der Waals surface area contributed by atoms with Crippen LogP contribution in [-0.2, 0) is 4.79 Å². The number of nitrogens with zero attached hydrogens (tertiary/aromatic N) is 1. The molecule has 0 N–H and O–H groups in total. The van der Waals surface area contributed by atoms with Gasteiger partial charge in [0.2, 0.25) is 0 Å². The fourth-order valence-corrected chi connectivity index (χ4v) is 0.921. The molecule has 0 bridgehead atoms. The topological polar surface area (TPSA) is 60.2 Å². The van der Waals surface area contributed by atoms with Crippen molar-refractivity contribution in [3.8, 4) is 0 Å². The summed E-state index contributed by atoms with van der Waals surface area (Å²) in [4.78, 5) is 20.0. The van der Waals surface area contributed by atoms with Gasteiger partial charge in [0.15, 0.2) is 0 Å². The van der Waals surface area contributed by atoms with Gasteiger partial charge >= 0.3 is 6.04 Å². The Morgan fingerprint density at radius 3 is 2.64 bits per heavy atom. The molecule has 0 atom stereocenters. The van der Waals surface area contributed by atoms with E-state index < -0.39 is 11.0 Å². The molecule has 0 radical (unpaired) electrons. The van der Waals surface area contributed by atoms with Crippen LogP contribution in [0.4, 0.5) is 10.1 Å². The molecule has 0 unspecified atom stereocenters. The van der Waals surface area contributed by atoms with E-state index in [4.69, 9.17) is 0 Å². The number of non-ortho nitro benzene ring substituents is 1. The van der Waals surface area contributed by atoms with Gasteiger partial charge < -0.3 is 0 Å². The molecular formula is C9H6FNO3. The summed E-state index contributed by atoms with van der Waals surface area (Å²) in [6, 6.07) is 3.40. The summed E-state index contributed by atoms with van der Waals surface area (Å²) in [5, 5.41) is 10.3. The lowest BCUT2D eigenvalue weighted by Gasteiger charge is -1.98. The van der Waals surface area contributed by atoms with Crippen molar-refractivity contribution in [1.29, 1.82) is 0 Å². The number of benzene rings is 1. The molecule has 0 saturated carbocycles. The zero-order valence-electron chi connectivity index (χ0n) is 7.07. The molecular weight excluding hydrogens is 189 g/mol. The van der Waals surface area contributed by atoms with Crippen molar-refractivity contribution >= 4 is 17.3 Å². The van der Waals surface area contributed by atoms with Crippen molar-refractivity contribution in [3.63, 3.8) is 0 Å². The Labute approximate surface area is 78.8 Å². The summed E-state index contributed by atoms with van der Waals surface area (Å²) in [6.45, 7) is 3.18. The molecule has 0 aliphatic carbocycles. The fraction of sp³-hybridized carbons (Fsp3) is 0. The molecule has 0 fully saturated rings. The van der Waals surface area contributed by atoms with E-state index in [9.17, 15) is 19.3 Å². The Balaban J connectivity index is 3.12. The minimum Gasteiger partial charge on any atom is -0.258 e. The monoisotopic (exact) mass is 195 g/mol. The van der Waals surface area contributed by atoms with Crippen LogP contribution >= 0.6 is 0 Å². The maximum atomic E-state index is 12.2. The summed E-state index contributed by atoms with van der Waals surface area (Å²) in [5.41, 5.74) is -0.467. The second-order valence-corrected chi connectivity index (χ2v) is 2.56. The third-order valence-electron chi connectivity index (χ3n) is 1.64. The first-order valence-electron chi connectivity index (χ1n) is 3.66. The number of allylic oxidation sites excluding steroid dienone is 1. The van der Waals surface area contributed by atoms with E-state index in [0.29, 0.717) is 0 Å². The molecule has 0 heterocycles. The Bertz CT molecular complexity index is 414. The fourth-order valence-electron chi connectivity index (χ4n) is 0.921. The number of halogens is 1. The highest BCUT2D eigenvalue weighted by molar-refractivity contribution is 6.15. The first-order chi connectivity index (χ1) is 6.52. The molecule has 14 heavy (non-hydrogen) atoms. The zero-order chi connectivity index (χ0) is 10.7. The van der Waals surface area contributed by atoms with Crippen LogP contribution in [0.3, 0.4) is 0 Å². The highest BCUT2D eigenvalue weighted by Gasteiger charge is 2.11. The molecule has 1 aromatic rings. The van der Waals surface area contributed by atoms with Crippen LogP contribution in [0.25, 0.3) is 5.57 Å². The summed E-state index contributed by atoms with van der Waals surface area (Å²) < 4.78 is 12.2. The normalized spacial score (nSPS) is 9.50. The SMILES string of the molecule is C=C(C(=O)F)c1cccc([N+](=O)[O-])c1. The van der Waals surface area contributed by atoms with Gasteiger partial charge in [0.05, 0.1) is 10.5 Å².